The summed E-state index contributed by atoms with van der Waals surface area (Å²) in [4.78, 5) is 38.7. The summed E-state index contributed by atoms with van der Waals surface area (Å²) in [6.07, 6.45) is 1.31. The number of carboxylic acids is 1. The minimum Gasteiger partial charge on any atom is -0.481 e. The predicted molar refractivity (Wildman–Crippen MR) is 126 cm³/mol. The lowest BCUT2D eigenvalue weighted by atomic mass is 9.89. The summed E-state index contributed by atoms with van der Waals surface area (Å²) in [5.74, 6) is -1.57. The monoisotopic (exact) mass is 472 g/mol. The van der Waals surface area contributed by atoms with Crippen LogP contribution in [0, 0.1) is 5.92 Å². The highest BCUT2D eigenvalue weighted by molar-refractivity contribution is 5.95. The molecule has 2 aliphatic heterocycles. The molecule has 2 fully saturated rings. The molecule has 0 unspecified atom stereocenters. The fourth-order valence-electron chi connectivity index (χ4n) is 5.94. The Hall–Kier alpha value is -4.14. The fraction of sp³-hybridized carbons (Fsp3) is 0.308. The standard InChI is InChI=1S/C26H24N4O5/c31-24(30-14-9-10-22(30)19(11-14)25(32)33)21-12-23(29-28-21)27-26(34)35-13-20-17-7-3-1-5-15(17)16-6-2-4-8-18(16)20/h1-8,12,14,19-20,22H,9-11,13H2,(H,32,33)(H2,27,28,29,34)/t14-,19+,22+/m0/s1. The molecule has 9 heteroatoms. The van der Waals surface area contributed by atoms with Crippen molar-refractivity contribution in [2.45, 2.75) is 37.3 Å². The van der Waals surface area contributed by atoms with Gasteiger partial charge in [0.1, 0.15) is 12.3 Å². The Morgan fingerprint density at radius 1 is 1.06 bits per heavy atom. The smallest absolute Gasteiger partial charge is 0.412 e. The van der Waals surface area contributed by atoms with Gasteiger partial charge in [-0.25, -0.2) is 4.79 Å². The van der Waals surface area contributed by atoms with E-state index in [0.29, 0.717) is 12.8 Å². The van der Waals surface area contributed by atoms with Crippen LogP contribution in [0.25, 0.3) is 11.1 Å². The van der Waals surface area contributed by atoms with E-state index in [-0.39, 0.29) is 42.0 Å². The maximum absolute atomic E-state index is 13.0. The number of hydrogen-bond acceptors (Lipinski definition) is 5. The second-order valence-electron chi connectivity index (χ2n) is 9.31. The van der Waals surface area contributed by atoms with Crippen LogP contribution in [-0.2, 0) is 9.53 Å². The van der Waals surface area contributed by atoms with Gasteiger partial charge in [0.2, 0.25) is 0 Å². The molecule has 0 radical (unpaired) electrons. The molecular formula is C26H24N4O5. The highest BCUT2D eigenvalue weighted by atomic mass is 16.5. The summed E-state index contributed by atoms with van der Waals surface area (Å²) in [6, 6.07) is 17.3. The Morgan fingerprint density at radius 2 is 1.74 bits per heavy atom. The third-order valence-electron chi connectivity index (χ3n) is 7.47. The van der Waals surface area contributed by atoms with Crippen LogP contribution in [0.3, 0.4) is 0 Å². The second-order valence-corrected chi connectivity index (χ2v) is 9.31. The van der Waals surface area contributed by atoms with Gasteiger partial charge in [0.25, 0.3) is 5.91 Å². The molecular weight excluding hydrogens is 448 g/mol. The van der Waals surface area contributed by atoms with E-state index >= 15 is 0 Å². The predicted octanol–water partition coefficient (Wildman–Crippen LogP) is 3.85. The number of benzene rings is 2. The van der Waals surface area contributed by atoms with Crippen molar-refractivity contribution in [3.05, 3.63) is 71.4 Å². The summed E-state index contributed by atoms with van der Waals surface area (Å²) in [7, 11) is 0. The molecule has 3 aromatic rings. The molecule has 35 heavy (non-hydrogen) atoms. The fourth-order valence-corrected chi connectivity index (χ4v) is 5.94. The summed E-state index contributed by atoms with van der Waals surface area (Å²) in [5.41, 5.74) is 4.74. The minimum absolute atomic E-state index is 0.0581. The van der Waals surface area contributed by atoms with E-state index < -0.39 is 18.0 Å². The number of nitrogens with zero attached hydrogens (tertiary/aromatic N) is 2. The van der Waals surface area contributed by atoms with Gasteiger partial charge >= 0.3 is 12.1 Å². The number of carbonyl (C=O) groups excluding carboxylic acids is 2. The number of amides is 2. The molecule has 3 aliphatic rings. The van der Waals surface area contributed by atoms with E-state index in [2.05, 4.69) is 27.6 Å². The van der Waals surface area contributed by atoms with Crippen molar-refractivity contribution in [3.63, 3.8) is 0 Å². The Bertz CT molecular complexity index is 1290. The molecule has 2 bridgehead atoms. The number of aromatic nitrogens is 2. The second kappa shape index (κ2) is 8.26. The Morgan fingerprint density at radius 3 is 2.40 bits per heavy atom. The number of nitrogens with one attached hydrogen (secondary N) is 2. The molecule has 6 rings (SSSR count). The maximum atomic E-state index is 13.0. The number of aliphatic carboxylic acids is 1. The summed E-state index contributed by atoms with van der Waals surface area (Å²) >= 11 is 0. The molecule has 3 heterocycles. The third kappa shape index (κ3) is 3.54. The van der Waals surface area contributed by atoms with E-state index in [1.807, 2.05) is 36.4 Å². The molecule has 2 amide bonds. The van der Waals surface area contributed by atoms with Crippen LogP contribution in [0.1, 0.15) is 46.8 Å². The average molecular weight is 473 g/mol. The van der Waals surface area contributed by atoms with Gasteiger partial charge in [0.15, 0.2) is 5.82 Å². The third-order valence-corrected chi connectivity index (χ3v) is 7.47. The molecule has 0 spiro atoms. The molecule has 2 saturated heterocycles. The lowest BCUT2D eigenvalue weighted by molar-refractivity contribution is -0.142. The van der Waals surface area contributed by atoms with Crippen molar-refractivity contribution < 1.29 is 24.2 Å². The van der Waals surface area contributed by atoms with E-state index in [1.54, 1.807) is 4.90 Å². The van der Waals surface area contributed by atoms with E-state index in [4.69, 9.17) is 4.74 Å². The lowest BCUT2D eigenvalue weighted by Crippen LogP contribution is -2.38. The van der Waals surface area contributed by atoms with Crippen LogP contribution in [0.2, 0.25) is 0 Å². The Kier molecular flexibility index (Phi) is 5.05. The van der Waals surface area contributed by atoms with Gasteiger partial charge in [-0.2, -0.15) is 5.10 Å². The minimum atomic E-state index is -0.864. The first-order valence-electron chi connectivity index (χ1n) is 11.7. The molecule has 178 valence electrons. The van der Waals surface area contributed by atoms with Crippen LogP contribution in [0.15, 0.2) is 54.6 Å². The van der Waals surface area contributed by atoms with Crippen molar-refractivity contribution in [2.75, 3.05) is 11.9 Å². The molecule has 2 aromatic carbocycles. The molecule has 0 saturated carbocycles. The van der Waals surface area contributed by atoms with Gasteiger partial charge in [0, 0.05) is 24.1 Å². The van der Waals surface area contributed by atoms with Crippen LogP contribution in [0.5, 0.6) is 0 Å². The average Bonchev–Trinajstić information content (AvgIpc) is 3.64. The van der Waals surface area contributed by atoms with E-state index in [9.17, 15) is 19.5 Å². The molecule has 1 aromatic heterocycles. The van der Waals surface area contributed by atoms with Gasteiger partial charge in [0.05, 0.1) is 5.92 Å². The lowest BCUT2D eigenvalue weighted by Gasteiger charge is -2.22. The number of fused-ring (bicyclic) bond motifs is 5. The molecule has 1 aliphatic carbocycles. The van der Waals surface area contributed by atoms with Crippen LogP contribution in [0.4, 0.5) is 10.6 Å². The number of aromatic amines is 1. The highest BCUT2D eigenvalue weighted by Gasteiger charge is 2.51. The summed E-state index contributed by atoms with van der Waals surface area (Å²) in [6.45, 7) is 0.170. The SMILES string of the molecule is O=C(Nc1cc(C(=O)N2[C@H]3CC[C@@H]2[C@H](C(=O)O)C3)[nH]n1)OCC1c2ccccc2-c2ccccc21. The van der Waals surface area contributed by atoms with Gasteiger partial charge < -0.3 is 14.7 Å². The van der Waals surface area contributed by atoms with Crippen LogP contribution < -0.4 is 5.32 Å². The Labute approximate surface area is 201 Å². The zero-order chi connectivity index (χ0) is 24.1. The quantitative estimate of drug-likeness (QED) is 0.518. The number of anilines is 1. The zero-order valence-electron chi connectivity index (χ0n) is 18.8. The topological polar surface area (TPSA) is 125 Å². The number of hydrogen-bond donors (Lipinski definition) is 3. The number of H-pyrrole nitrogens is 1. The summed E-state index contributed by atoms with van der Waals surface area (Å²) in [5, 5.41) is 18.7. The first-order valence-corrected chi connectivity index (χ1v) is 11.7. The van der Waals surface area contributed by atoms with Crippen LogP contribution >= 0.6 is 0 Å². The van der Waals surface area contributed by atoms with E-state index in [1.165, 1.54) is 6.07 Å². The number of carbonyl (C=O) groups is 3. The van der Waals surface area contributed by atoms with Crippen molar-refractivity contribution in [2.24, 2.45) is 5.92 Å². The Balaban J connectivity index is 1.10. The van der Waals surface area contributed by atoms with Crippen molar-refractivity contribution in [1.29, 1.82) is 0 Å². The van der Waals surface area contributed by atoms with E-state index in [0.717, 1.165) is 28.7 Å². The molecule has 3 atom stereocenters. The molecule has 3 N–H and O–H groups in total. The van der Waals surface area contributed by atoms with Crippen molar-refractivity contribution >= 4 is 23.8 Å². The zero-order valence-corrected chi connectivity index (χ0v) is 18.8. The van der Waals surface area contributed by atoms with Crippen LogP contribution in [-0.4, -0.2) is 56.9 Å². The molecule has 9 nitrogen and oxygen atoms in total. The van der Waals surface area contributed by atoms with Gasteiger partial charge in [-0.15, -0.1) is 0 Å². The van der Waals surface area contributed by atoms with Gasteiger partial charge in [-0.05, 0) is 41.5 Å². The maximum Gasteiger partial charge on any atom is 0.412 e. The highest BCUT2D eigenvalue weighted by Crippen LogP contribution is 2.45. The summed E-state index contributed by atoms with van der Waals surface area (Å²) < 4.78 is 5.53. The largest absolute Gasteiger partial charge is 0.481 e. The number of carboxylic acid groups (broad SMARTS) is 1. The number of ether oxygens (including phenoxy) is 1. The van der Waals surface area contributed by atoms with Gasteiger partial charge in [-0.3, -0.25) is 20.0 Å². The van der Waals surface area contributed by atoms with Gasteiger partial charge in [-0.1, -0.05) is 48.5 Å². The normalized spacial score (nSPS) is 22.1. The van der Waals surface area contributed by atoms with Crippen molar-refractivity contribution in [3.8, 4) is 11.1 Å². The first kappa shape index (κ1) is 21.4. The first-order chi connectivity index (χ1) is 17.0. The number of rotatable bonds is 5. The van der Waals surface area contributed by atoms with Crippen molar-refractivity contribution in [1.82, 2.24) is 15.1 Å².